The van der Waals surface area contributed by atoms with E-state index >= 15 is 0 Å². The average Bonchev–Trinajstić information content (AvgIpc) is 2.78. The Balaban J connectivity index is 2.07. The van der Waals surface area contributed by atoms with E-state index in [1.807, 2.05) is 0 Å². The number of aromatic nitrogens is 2. The minimum atomic E-state index is 0.525. The Kier molecular flexibility index (Phi) is 1.52. The second-order valence-electron chi connectivity index (χ2n) is 3.40. The lowest BCUT2D eigenvalue weighted by Crippen LogP contribution is -1.92. The number of H-pyrrole nitrogens is 1. The molecule has 1 aliphatic rings. The van der Waals surface area contributed by atoms with Crippen molar-refractivity contribution in [3.05, 3.63) is 28.7 Å². The molecule has 2 aromatic rings. The van der Waals surface area contributed by atoms with Gasteiger partial charge in [-0.1, -0.05) is 12.2 Å². The van der Waals surface area contributed by atoms with Gasteiger partial charge in [0.1, 0.15) is 5.82 Å². The van der Waals surface area contributed by atoms with E-state index in [4.69, 9.17) is 0 Å². The molecule has 0 fully saturated rings. The second-order valence-corrected chi connectivity index (χ2v) is 4.15. The smallest absolute Gasteiger partial charge is 0.114 e. The first kappa shape index (κ1) is 7.33. The van der Waals surface area contributed by atoms with Gasteiger partial charge in [-0.15, -0.1) is 11.3 Å². The summed E-state index contributed by atoms with van der Waals surface area (Å²) < 4.78 is 0. The molecule has 2 aromatic heterocycles. The fourth-order valence-corrected chi connectivity index (χ4v) is 2.49. The number of aromatic amines is 1. The third-order valence-electron chi connectivity index (χ3n) is 2.51. The molecule has 0 amide bonds. The second kappa shape index (κ2) is 2.70. The third kappa shape index (κ3) is 1.11. The van der Waals surface area contributed by atoms with Gasteiger partial charge in [0, 0.05) is 16.7 Å². The molecular formula is C10H10N2S. The lowest BCUT2D eigenvalue weighted by Gasteiger charge is -2.00. The molecule has 66 valence electrons. The number of hydrogen-bond acceptors (Lipinski definition) is 2. The molecule has 1 aliphatic carbocycles. The van der Waals surface area contributed by atoms with Crippen LogP contribution in [0, 0.1) is 0 Å². The Labute approximate surface area is 80.3 Å². The van der Waals surface area contributed by atoms with Crippen LogP contribution in [-0.4, -0.2) is 9.97 Å². The topological polar surface area (TPSA) is 28.7 Å². The van der Waals surface area contributed by atoms with Crippen molar-refractivity contribution in [3.63, 3.8) is 0 Å². The molecule has 1 N–H and O–H groups in total. The van der Waals surface area contributed by atoms with Gasteiger partial charge in [-0.2, -0.15) is 0 Å². The Hall–Kier alpha value is -1.09. The Bertz CT molecular complexity index is 424. The van der Waals surface area contributed by atoms with Crippen molar-refractivity contribution >= 4 is 22.4 Å². The maximum absolute atomic E-state index is 4.56. The van der Waals surface area contributed by atoms with Crippen LogP contribution in [0.1, 0.15) is 24.6 Å². The van der Waals surface area contributed by atoms with Gasteiger partial charge in [0.2, 0.25) is 0 Å². The van der Waals surface area contributed by atoms with Crippen LogP contribution in [0.4, 0.5) is 0 Å². The largest absolute Gasteiger partial charge is 0.341 e. The van der Waals surface area contributed by atoms with Gasteiger partial charge in [-0.3, -0.25) is 0 Å². The SMILES string of the molecule is C1=CC(c2nc3cscc3[nH]2)CC1. The van der Waals surface area contributed by atoms with E-state index in [0.717, 1.165) is 11.3 Å². The molecule has 2 heterocycles. The molecule has 0 spiro atoms. The first-order valence-corrected chi connectivity index (χ1v) is 5.46. The van der Waals surface area contributed by atoms with Crippen molar-refractivity contribution in [3.8, 4) is 0 Å². The van der Waals surface area contributed by atoms with Gasteiger partial charge < -0.3 is 4.98 Å². The maximum Gasteiger partial charge on any atom is 0.114 e. The van der Waals surface area contributed by atoms with Crippen molar-refractivity contribution in [1.29, 1.82) is 0 Å². The van der Waals surface area contributed by atoms with Crippen LogP contribution in [0.25, 0.3) is 11.0 Å². The zero-order valence-corrected chi connectivity index (χ0v) is 7.97. The molecule has 3 heteroatoms. The zero-order chi connectivity index (χ0) is 8.67. The lowest BCUT2D eigenvalue weighted by atomic mass is 10.1. The third-order valence-corrected chi connectivity index (χ3v) is 3.24. The summed E-state index contributed by atoms with van der Waals surface area (Å²) in [7, 11) is 0. The quantitative estimate of drug-likeness (QED) is 0.688. The molecule has 1 atom stereocenters. The molecule has 1 unspecified atom stereocenters. The molecule has 2 nitrogen and oxygen atoms in total. The molecule has 0 saturated carbocycles. The van der Waals surface area contributed by atoms with Crippen molar-refractivity contribution in [1.82, 2.24) is 9.97 Å². The maximum atomic E-state index is 4.56. The summed E-state index contributed by atoms with van der Waals surface area (Å²) in [5.41, 5.74) is 2.29. The van der Waals surface area contributed by atoms with Crippen molar-refractivity contribution in [2.24, 2.45) is 0 Å². The summed E-state index contributed by atoms with van der Waals surface area (Å²) in [4.78, 5) is 7.92. The number of nitrogens with one attached hydrogen (secondary N) is 1. The standard InChI is InChI=1S/C10H10N2S/c1-2-4-7(3-1)10-11-8-5-13-6-9(8)12-10/h1,3,5-7H,2,4H2,(H,11,12). The number of thiophene rings is 1. The highest BCUT2D eigenvalue weighted by Crippen LogP contribution is 2.28. The number of rotatable bonds is 1. The molecule has 0 aliphatic heterocycles. The van der Waals surface area contributed by atoms with E-state index in [-0.39, 0.29) is 0 Å². The highest BCUT2D eigenvalue weighted by molar-refractivity contribution is 7.09. The Morgan fingerprint density at radius 3 is 3.23 bits per heavy atom. The van der Waals surface area contributed by atoms with Crippen LogP contribution in [0.5, 0.6) is 0 Å². The minimum absolute atomic E-state index is 0.525. The van der Waals surface area contributed by atoms with E-state index in [9.17, 15) is 0 Å². The van der Waals surface area contributed by atoms with Gasteiger partial charge in [0.05, 0.1) is 11.0 Å². The predicted molar refractivity (Wildman–Crippen MR) is 55.1 cm³/mol. The molecular weight excluding hydrogens is 180 g/mol. The van der Waals surface area contributed by atoms with E-state index in [0.29, 0.717) is 5.92 Å². The van der Waals surface area contributed by atoms with Crippen LogP contribution in [0.3, 0.4) is 0 Å². The fraction of sp³-hybridized carbons (Fsp3) is 0.300. The minimum Gasteiger partial charge on any atom is -0.341 e. The predicted octanol–water partition coefficient (Wildman–Crippen LogP) is 3.06. The van der Waals surface area contributed by atoms with Crippen molar-refractivity contribution in [2.45, 2.75) is 18.8 Å². The monoisotopic (exact) mass is 190 g/mol. The number of imidazole rings is 1. The fourth-order valence-electron chi connectivity index (χ4n) is 1.80. The van der Waals surface area contributed by atoms with Gasteiger partial charge in [-0.05, 0) is 12.8 Å². The van der Waals surface area contributed by atoms with Gasteiger partial charge in [0.15, 0.2) is 0 Å². The summed E-state index contributed by atoms with van der Waals surface area (Å²) >= 11 is 1.70. The van der Waals surface area contributed by atoms with Crippen LogP contribution >= 0.6 is 11.3 Å². The summed E-state index contributed by atoms with van der Waals surface area (Å²) in [5.74, 6) is 1.66. The van der Waals surface area contributed by atoms with E-state index in [2.05, 4.69) is 32.9 Å². The molecule has 0 saturated heterocycles. The Morgan fingerprint density at radius 1 is 1.46 bits per heavy atom. The highest BCUT2D eigenvalue weighted by Gasteiger charge is 2.15. The van der Waals surface area contributed by atoms with Crippen LogP contribution in [0.2, 0.25) is 0 Å². The van der Waals surface area contributed by atoms with E-state index in [1.165, 1.54) is 18.4 Å². The molecule has 0 aromatic carbocycles. The summed E-state index contributed by atoms with van der Waals surface area (Å²) in [6.07, 6.45) is 6.89. The van der Waals surface area contributed by atoms with Gasteiger partial charge >= 0.3 is 0 Å². The van der Waals surface area contributed by atoms with Gasteiger partial charge in [0.25, 0.3) is 0 Å². The summed E-state index contributed by atoms with van der Waals surface area (Å²) in [6.45, 7) is 0. The molecule has 0 bridgehead atoms. The number of allylic oxidation sites excluding steroid dienone is 2. The van der Waals surface area contributed by atoms with Crippen molar-refractivity contribution in [2.75, 3.05) is 0 Å². The van der Waals surface area contributed by atoms with Crippen LogP contribution in [0.15, 0.2) is 22.9 Å². The number of fused-ring (bicyclic) bond motifs is 1. The first-order chi connectivity index (χ1) is 6.43. The summed E-state index contributed by atoms with van der Waals surface area (Å²) in [5, 5.41) is 4.21. The molecule has 0 radical (unpaired) electrons. The van der Waals surface area contributed by atoms with E-state index in [1.54, 1.807) is 11.3 Å². The number of nitrogens with zero attached hydrogens (tertiary/aromatic N) is 1. The lowest BCUT2D eigenvalue weighted by molar-refractivity contribution is 0.756. The Morgan fingerprint density at radius 2 is 2.46 bits per heavy atom. The van der Waals surface area contributed by atoms with Crippen molar-refractivity contribution < 1.29 is 0 Å². The summed E-state index contributed by atoms with van der Waals surface area (Å²) in [6, 6.07) is 0. The highest BCUT2D eigenvalue weighted by atomic mass is 32.1. The van der Waals surface area contributed by atoms with Crippen LogP contribution < -0.4 is 0 Å². The molecule has 3 rings (SSSR count). The van der Waals surface area contributed by atoms with E-state index < -0.39 is 0 Å². The zero-order valence-electron chi connectivity index (χ0n) is 7.16. The van der Waals surface area contributed by atoms with Gasteiger partial charge in [-0.25, -0.2) is 4.98 Å². The van der Waals surface area contributed by atoms with Crippen LogP contribution in [-0.2, 0) is 0 Å². The number of hydrogen-bond donors (Lipinski definition) is 1. The average molecular weight is 190 g/mol. The first-order valence-electron chi connectivity index (χ1n) is 4.52. The molecule has 13 heavy (non-hydrogen) atoms. The normalized spacial score (nSPS) is 21.7.